The third-order valence-electron chi connectivity index (χ3n) is 5.48. The third kappa shape index (κ3) is 5.95. The van der Waals surface area contributed by atoms with Crippen molar-refractivity contribution in [2.45, 2.75) is 50.2 Å². The van der Waals surface area contributed by atoms with Gasteiger partial charge in [0.25, 0.3) is 5.91 Å². The van der Waals surface area contributed by atoms with Crippen LogP contribution in [0, 0.1) is 5.92 Å². The van der Waals surface area contributed by atoms with E-state index < -0.39 is 28.1 Å². The Hall–Kier alpha value is -2.71. The van der Waals surface area contributed by atoms with E-state index in [1.54, 1.807) is 61.2 Å². The summed E-state index contributed by atoms with van der Waals surface area (Å²) in [6.45, 7) is 4.69. The van der Waals surface area contributed by atoms with E-state index in [1.807, 2.05) is 6.07 Å². The average Bonchev–Trinajstić information content (AvgIpc) is 2.82. The maximum Gasteiger partial charge on any atom is 0.325 e. The summed E-state index contributed by atoms with van der Waals surface area (Å²) in [7, 11) is -3.94. The molecule has 172 valence electrons. The molecule has 1 N–H and O–H groups in total. The molecule has 8 heteroatoms. The van der Waals surface area contributed by atoms with Crippen LogP contribution in [-0.2, 0) is 24.3 Å². The summed E-state index contributed by atoms with van der Waals surface area (Å²) in [5.74, 6) is -1.45. The van der Waals surface area contributed by atoms with E-state index in [0.29, 0.717) is 18.7 Å². The highest BCUT2D eigenvalue weighted by atomic mass is 32.2. The number of hydrogen-bond donors (Lipinski definition) is 1. The van der Waals surface area contributed by atoms with Crippen molar-refractivity contribution in [3.63, 3.8) is 0 Å². The second kappa shape index (κ2) is 10.7. The monoisotopic (exact) mass is 458 g/mol. The molecule has 0 saturated carbocycles. The highest BCUT2D eigenvalue weighted by Gasteiger charge is 2.35. The molecule has 0 radical (unpaired) electrons. The van der Waals surface area contributed by atoms with Crippen LogP contribution in [0.4, 0.5) is 0 Å². The largest absolute Gasteiger partial charge is 0.446 e. The summed E-state index contributed by atoms with van der Waals surface area (Å²) >= 11 is 0. The van der Waals surface area contributed by atoms with E-state index in [4.69, 9.17) is 4.74 Å². The van der Waals surface area contributed by atoms with Gasteiger partial charge in [-0.3, -0.25) is 9.59 Å². The fourth-order valence-corrected chi connectivity index (χ4v) is 5.00. The van der Waals surface area contributed by atoms with Gasteiger partial charge < -0.3 is 9.64 Å². The minimum absolute atomic E-state index is 0.0578. The Morgan fingerprint density at radius 1 is 0.906 bits per heavy atom. The van der Waals surface area contributed by atoms with Gasteiger partial charge in [-0.1, -0.05) is 62.4 Å². The van der Waals surface area contributed by atoms with Crippen molar-refractivity contribution in [3.8, 4) is 0 Å². The van der Waals surface area contributed by atoms with E-state index in [1.165, 1.54) is 12.1 Å². The first-order valence-corrected chi connectivity index (χ1v) is 12.4. The quantitative estimate of drug-likeness (QED) is 0.613. The number of amides is 1. The Labute approximate surface area is 189 Å². The number of nitrogens with one attached hydrogen (secondary N) is 1. The van der Waals surface area contributed by atoms with Crippen LogP contribution in [0.2, 0.25) is 0 Å². The van der Waals surface area contributed by atoms with E-state index in [2.05, 4.69) is 4.72 Å². The Morgan fingerprint density at radius 3 is 2.03 bits per heavy atom. The number of hydrogen-bond acceptors (Lipinski definition) is 5. The fourth-order valence-electron chi connectivity index (χ4n) is 3.65. The lowest BCUT2D eigenvalue weighted by atomic mass is 10.0. The van der Waals surface area contributed by atoms with Gasteiger partial charge in [-0.25, -0.2) is 8.42 Å². The summed E-state index contributed by atoms with van der Waals surface area (Å²) in [6, 6.07) is 15.5. The van der Waals surface area contributed by atoms with Crippen LogP contribution >= 0.6 is 0 Å². The molecule has 1 aliphatic heterocycles. The van der Waals surface area contributed by atoms with Crippen molar-refractivity contribution in [1.82, 2.24) is 9.62 Å². The number of esters is 1. The van der Waals surface area contributed by atoms with Crippen molar-refractivity contribution in [2.75, 3.05) is 13.1 Å². The molecule has 1 fully saturated rings. The molecule has 32 heavy (non-hydrogen) atoms. The second-order valence-corrected chi connectivity index (χ2v) is 9.98. The van der Waals surface area contributed by atoms with Gasteiger partial charge in [-0.05, 0) is 37.3 Å². The summed E-state index contributed by atoms with van der Waals surface area (Å²) in [4.78, 5) is 28.2. The van der Waals surface area contributed by atoms with Gasteiger partial charge in [0.1, 0.15) is 6.04 Å². The normalized spacial score (nSPS) is 16.4. The number of piperidine rings is 1. The van der Waals surface area contributed by atoms with Crippen molar-refractivity contribution in [1.29, 1.82) is 0 Å². The Bertz CT molecular complexity index is 1000. The molecule has 1 heterocycles. The number of ether oxygens (including phenoxy) is 1. The van der Waals surface area contributed by atoms with Crippen molar-refractivity contribution in [3.05, 3.63) is 66.2 Å². The zero-order chi connectivity index (χ0) is 23.1. The second-order valence-electron chi connectivity index (χ2n) is 8.27. The molecular weight excluding hydrogens is 428 g/mol. The van der Waals surface area contributed by atoms with Crippen LogP contribution in [0.3, 0.4) is 0 Å². The summed E-state index contributed by atoms with van der Waals surface area (Å²) in [6.07, 6.45) is 1.76. The first-order chi connectivity index (χ1) is 15.3. The van der Waals surface area contributed by atoms with Crippen molar-refractivity contribution >= 4 is 21.9 Å². The zero-order valence-electron chi connectivity index (χ0n) is 18.4. The summed E-state index contributed by atoms with van der Waals surface area (Å²) < 4.78 is 33.7. The molecule has 2 unspecified atom stereocenters. The van der Waals surface area contributed by atoms with E-state index in [0.717, 1.165) is 19.3 Å². The predicted molar refractivity (Wildman–Crippen MR) is 121 cm³/mol. The van der Waals surface area contributed by atoms with E-state index >= 15 is 0 Å². The Kier molecular flexibility index (Phi) is 8.04. The number of sulfonamides is 1. The molecule has 2 atom stereocenters. The molecule has 1 saturated heterocycles. The molecule has 0 bridgehead atoms. The molecule has 0 spiro atoms. The molecule has 0 aliphatic carbocycles. The van der Waals surface area contributed by atoms with Crippen LogP contribution in [0.1, 0.15) is 44.8 Å². The molecule has 0 aromatic heterocycles. The van der Waals surface area contributed by atoms with Gasteiger partial charge in [-0.15, -0.1) is 0 Å². The molecule has 1 amide bonds. The van der Waals surface area contributed by atoms with E-state index in [-0.39, 0.29) is 16.7 Å². The van der Waals surface area contributed by atoms with Crippen molar-refractivity contribution < 1.29 is 22.7 Å². The number of benzene rings is 2. The topological polar surface area (TPSA) is 92.8 Å². The minimum atomic E-state index is -3.94. The lowest BCUT2D eigenvalue weighted by Crippen LogP contribution is -2.47. The highest BCUT2D eigenvalue weighted by Crippen LogP contribution is 2.24. The van der Waals surface area contributed by atoms with Gasteiger partial charge in [0.15, 0.2) is 0 Å². The van der Waals surface area contributed by atoms with Gasteiger partial charge in [0.05, 0.1) is 4.90 Å². The maximum atomic E-state index is 13.2. The summed E-state index contributed by atoms with van der Waals surface area (Å²) in [5, 5.41) is 0. The molecule has 2 aromatic rings. The third-order valence-corrected chi connectivity index (χ3v) is 6.94. The number of likely N-dealkylation sites (tertiary alicyclic amines) is 1. The van der Waals surface area contributed by atoms with E-state index in [9.17, 15) is 18.0 Å². The number of carbonyl (C=O) groups is 2. The van der Waals surface area contributed by atoms with Gasteiger partial charge >= 0.3 is 5.97 Å². The first kappa shape index (κ1) is 23.9. The lowest BCUT2D eigenvalue weighted by molar-refractivity contribution is -0.163. The fraction of sp³-hybridized carbons (Fsp3) is 0.417. The zero-order valence-corrected chi connectivity index (χ0v) is 19.3. The van der Waals surface area contributed by atoms with Gasteiger partial charge in [0, 0.05) is 18.7 Å². The molecule has 1 aliphatic rings. The molecule has 7 nitrogen and oxygen atoms in total. The average molecular weight is 459 g/mol. The van der Waals surface area contributed by atoms with Crippen LogP contribution in [-0.4, -0.2) is 44.3 Å². The molecule has 2 aromatic carbocycles. The van der Waals surface area contributed by atoms with Crippen LogP contribution < -0.4 is 4.72 Å². The summed E-state index contributed by atoms with van der Waals surface area (Å²) in [5.41, 5.74) is 0.560. The highest BCUT2D eigenvalue weighted by molar-refractivity contribution is 7.89. The van der Waals surface area contributed by atoms with Crippen LogP contribution in [0.15, 0.2) is 65.6 Å². The number of nitrogens with zero attached hydrogens (tertiary/aromatic N) is 1. The smallest absolute Gasteiger partial charge is 0.325 e. The van der Waals surface area contributed by atoms with Crippen LogP contribution in [0.25, 0.3) is 0 Å². The standard InChI is InChI=1S/C24H30N2O5S/c1-18(2)21(25-32(29,30)20-14-8-4-9-15-20)24(28)31-22(19-12-6-3-7-13-19)23(27)26-16-10-5-11-17-26/h3-4,6-9,12-15,18,21-22,25H,5,10-11,16-17H2,1-2H3. The SMILES string of the molecule is CC(C)C(NS(=O)(=O)c1ccccc1)C(=O)OC(C(=O)N1CCCCC1)c1ccccc1. The maximum absolute atomic E-state index is 13.2. The Balaban J connectivity index is 1.83. The predicted octanol–water partition coefficient (Wildman–Crippen LogP) is 3.29. The lowest BCUT2D eigenvalue weighted by Gasteiger charge is -2.31. The first-order valence-electron chi connectivity index (χ1n) is 10.9. The number of rotatable bonds is 8. The molecule has 3 rings (SSSR count). The minimum Gasteiger partial charge on any atom is -0.446 e. The van der Waals surface area contributed by atoms with Gasteiger partial charge in [-0.2, -0.15) is 4.72 Å². The molecular formula is C24H30N2O5S. The van der Waals surface area contributed by atoms with Crippen LogP contribution in [0.5, 0.6) is 0 Å². The number of carbonyl (C=O) groups excluding carboxylic acids is 2. The van der Waals surface area contributed by atoms with Crippen molar-refractivity contribution in [2.24, 2.45) is 5.92 Å². The Morgan fingerprint density at radius 2 is 1.47 bits per heavy atom. The van der Waals surface area contributed by atoms with Gasteiger partial charge in [0.2, 0.25) is 16.1 Å².